The number of ketones is 1. The summed E-state index contributed by atoms with van der Waals surface area (Å²) in [5.74, 6) is 0.835. The van der Waals surface area contributed by atoms with Crippen LogP contribution in [0.5, 0.6) is 5.75 Å². The third-order valence-corrected chi connectivity index (χ3v) is 3.80. The minimum absolute atomic E-state index is 0. The van der Waals surface area contributed by atoms with Crippen LogP contribution in [0.4, 0.5) is 0 Å². The summed E-state index contributed by atoms with van der Waals surface area (Å²) >= 11 is 3.38. The van der Waals surface area contributed by atoms with E-state index in [0.29, 0.717) is 17.9 Å². The third-order valence-electron chi connectivity index (χ3n) is 3.31. The SMILES string of the molecule is C[NH+](C)C1(C)COc2ccc(Br)cc2C1=O.[Cl-]. The maximum Gasteiger partial charge on any atom is 0.230 e. The van der Waals surface area contributed by atoms with Gasteiger partial charge >= 0.3 is 0 Å². The molecule has 1 heterocycles. The minimum Gasteiger partial charge on any atom is -1.00 e. The molecule has 1 aromatic carbocycles. The predicted molar refractivity (Wildman–Crippen MR) is 65.2 cm³/mol. The van der Waals surface area contributed by atoms with Crippen LogP contribution in [0.25, 0.3) is 0 Å². The summed E-state index contributed by atoms with van der Waals surface area (Å²) in [7, 11) is 3.95. The molecular weight excluding hydrogens is 305 g/mol. The van der Waals surface area contributed by atoms with Gasteiger partial charge in [0.2, 0.25) is 5.78 Å². The number of halogens is 2. The average molecular weight is 321 g/mol. The molecule has 1 N–H and O–H groups in total. The van der Waals surface area contributed by atoms with Crippen molar-refractivity contribution in [1.29, 1.82) is 0 Å². The Morgan fingerprint density at radius 2 is 2.06 bits per heavy atom. The summed E-state index contributed by atoms with van der Waals surface area (Å²) in [6, 6.07) is 5.55. The molecule has 0 fully saturated rings. The Bertz CT molecular complexity index is 450. The van der Waals surface area contributed by atoms with Gasteiger partial charge in [-0.15, -0.1) is 0 Å². The maximum atomic E-state index is 12.4. The maximum absolute atomic E-state index is 12.4. The molecule has 0 saturated heterocycles. The largest absolute Gasteiger partial charge is 1.00 e. The van der Waals surface area contributed by atoms with Crippen molar-refractivity contribution in [2.75, 3.05) is 20.7 Å². The second kappa shape index (κ2) is 4.96. The lowest BCUT2D eigenvalue weighted by atomic mass is 9.88. The van der Waals surface area contributed by atoms with Crippen molar-refractivity contribution in [3.8, 4) is 5.75 Å². The molecule has 1 atom stereocenters. The van der Waals surface area contributed by atoms with Gasteiger partial charge in [0.05, 0.1) is 19.7 Å². The third kappa shape index (κ3) is 2.34. The molecule has 0 bridgehead atoms. The zero-order valence-corrected chi connectivity index (χ0v) is 12.4. The molecule has 0 aromatic heterocycles. The standard InChI is InChI=1S/C12H14BrNO2.ClH/c1-12(14(2)3)7-16-10-5-4-8(13)6-9(10)11(12)15;/h4-6H,7H2,1-3H3;1H. The first-order valence-corrected chi connectivity index (χ1v) is 6.02. The molecular formula is C12H15BrClNO2. The van der Waals surface area contributed by atoms with Crippen LogP contribution in [0.3, 0.4) is 0 Å². The van der Waals surface area contributed by atoms with E-state index in [9.17, 15) is 4.79 Å². The van der Waals surface area contributed by atoms with Gasteiger partial charge in [-0.1, -0.05) is 15.9 Å². The highest BCUT2D eigenvalue weighted by Gasteiger charge is 2.45. The molecule has 5 heteroatoms. The molecule has 1 aliphatic heterocycles. The molecule has 0 spiro atoms. The topological polar surface area (TPSA) is 30.7 Å². The van der Waals surface area contributed by atoms with E-state index in [0.717, 1.165) is 9.37 Å². The normalized spacial score (nSPS) is 22.8. The summed E-state index contributed by atoms with van der Waals surface area (Å²) in [6.45, 7) is 2.37. The fraction of sp³-hybridized carbons (Fsp3) is 0.417. The van der Waals surface area contributed by atoms with Gasteiger partial charge in [-0.3, -0.25) is 4.79 Å². The van der Waals surface area contributed by atoms with Crippen LogP contribution in [-0.2, 0) is 0 Å². The van der Waals surface area contributed by atoms with Crippen LogP contribution in [0.1, 0.15) is 17.3 Å². The van der Waals surface area contributed by atoms with Crippen molar-refractivity contribution >= 4 is 21.7 Å². The summed E-state index contributed by atoms with van der Waals surface area (Å²) in [6.07, 6.45) is 0. The monoisotopic (exact) mass is 319 g/mol. The number of rotatable bonds is 1. The Hall–Kier alpha value is -0.580. The number of carbonyl (C=O) groups is 1. The van der Waals surface area contributed by atoms with Crippen LogP contribution in [-0.4, -0.2) is 32.0 Å². The lowest BCUT2D eigenvalue weighted by molar-refractivity contribution is -0.901. The van der Waals surface area contributed by atoms with E-state index in [1.54, 1.807) is 0 Å². The van der Waals surface area contributed by atoms with Gasteiger partial charge in [-0.25, -0.2) is 0 Å². The Morgan fingerprint density at radius 3 is 2.65 bits per heavy atom. The van der Waals surface area contributed by atoms with Crippen molar-refractivity contribution in [3.63, 3.8) is 0 Å². The summed E-state index contributed by atoms with van der Waals surface area (Å²) in [5.41, 5.74) is 0.178. The summed E-state index contributed by atoms with van der Waals surface area (Å²) in [5, 5.41) is 0. The number of hydrogen-bond donors (Lipinski definition) is 1. The fourth-order valence-electron chi connectivity index (χ4n) is 1.76. The average Bonchev–Trinajstić information content (AvgIpc) is 2.24. The molecule has 1 aromatic rings. The van der Waals surface area contributed by atoms with Gasteiger partial charge in [0.25, 0.3) is 0 Å². The number of likely N-dealkylation sites (N-methyl/N-ethyl adjacent to an activating group) is 1. The first kappa shape index (κ1) is 14.5. The van der Waals surface area contributed by atoms with Crippen LogP contribution in [0.15, 0.2) is 22.7 Å². The summed E-state index contributed by atoms with van der Waals surface area (Å²) in [4.78, 5) is 13.5. The number of nitrogens with one attached hydrogen (secondary N) is 1. The molecule has 94 valence electrons. The Labute approximate surface area is 116 Å². The predicted octanol–water partition coefficient (Wildman–Crippen LogP) is -2.07. The first-order valence-electron chi connectivity index (χ1n) is 5.23. The number of benzene rings is 1. The van der Waals surface area contributed by atoms with Crippen LogP contribution in [0, 0.1) is 0 Å². The van der Waals surface area contributed by atoms with E-state index in [1.165, 1.54) is 0 Å². The number of Topliss-reactive ketones (excluding diaryl/α,β-unsaturated/α-hetero) is 1. The number of fused-ring (bicyclic) bond motifs is 1. The summed E-state index contributed by atoms with van der Waals surface area (Å²) < 4.78 is 6.57. The number of carbonyl (C=O) groups excluding carboxylic acids is 1. The van der Waals surface area contributed by atoms with Gasteiger partial charge in [-0.05, 0) is 18.2 Å². The van der Waals surface area contributed by atoms with Crippen molar-refractivity contribution in [3.05, 3.63) is 28.2 Å². The molecule has 3 nitrogen and oxygen atoms in total. The molecule has 0 aliphatic carbocycles. The molecule has 1 aliphatic rings. The van der Waals surface area contributed by atoms with Crippen molar-refractivity contribution in [1.82, 2.24) is 0 Å². The second-order valence-electron chi connectivity index (χ2n) is 4.59. The van der Waals surface area contributed by atoms with Gasteiger partial charge in [0.15, 0.2) is 12.1 Å². The zero-order valence-electron chi connectivity index (χ0n) is 10.0. The van der Waals surface area contributed by atoms with Crippen molar-refractivity contribution in [2.24, 2.45) is 0 Å². The van der Waals surface area contributed by atoms with Crippen LogP contribution < -0.4 is 22.0 Å². The molecule has 0 radical (unpaired) electrons. The number of hydrogen-bond acceptors (Lipinski definition) is 2. The quantitative estimate of drug-likeness (QED) is 0.645. The molecule has 17 heavy (non-hydrogen) atoms. The first-order chi connectivity index (χ1) is 7.45. The Balaban J connectivity index is 0.00000144. The fourth-order valence-corrected chi connectivity index (χ4v) is 2.12. The van der Waals surface area contributed by atoms with E-state index in [-0.39, 0.29) is 18.2 Å². The molecule has 2 rings (SSSR count). The highest BCUT2D eigenvalue weighted by atomic mass is 79.9. The van der Waals surface area contributed by atoms with Crippen molar-refractivity contribution < 1.29 is 26.8 Å². The lowest BCUT2D eigenvalue weighted by Crippen LogP contribution is -3.17. The van der Waals surface area contributed by atoms with Gasteiger partial charge in [-0.2, -0.15) is 0 Å². The molecule has 0 amide bonds. The highest BCUT2D eigenvalue weighted by molar-refractivity contribution is 9.10. The smallest absolute Gasteiger partial charge is 0.230 e. The number of quaternary nitrogens is 1. The van der Waals surface area contributed by atoms with Crippen LogP contribution in [0.2, 0.25) is 0 Å². The number of ether oxygens (including phenoxy) is 1. The Morgan fingerprint density at radius 1 is 1.41 bits per heavy atom. The van der Waals surface area contributed by atoms with E-state index >= 15 is 0 Å². The van der Waals surface area contributed by atoms with E-state index < -0.39 is 5.54 Å². The van der Waals surface area contributed by atoms with E-state index in [2.05, 4.69) is 15.9 Å². The van der Waals surface area contributed by atoms with Crippen molar-refractivity contribution in [2.45, 2.75) is 12.5 Å². The highest BCUT2D eigenvalue weighted by Crippen LogP contribution is 2.30. The van der Waals surface area contributed by atoms with E-state index in [4.69, 9.17) is 4.74 Å². The molecule has 0 saturated carbocycles. The minimum atomic E-state index is -0.492. The second-order valence-corrected chi connectivity index (χ2v) is 5.51. The lowest BCUT2D eigenvalue weighted by Gasteiger charge is -2.35. The Kier molecular flexibility index (Phi) is 4.23. The van der Waals surface area contributed by atoms with E-state index in [1.807, 2.05) is 39.2 Å². The van der Waals surface area contributed by atoms with Gasteiger partial charge in [0.1, 0.15) is 5.75 Å². The van der Waals surface area contributed by atoms with Gasteiger partial charge < -0.3 is 22.0 Å². The van der Waals surface area contributed by atoms with Crippen LogP contribution >= 0.6 is 15.9 Å². The zero-order chi connectivity index (χ0) is 11.9. The molecule has 1 unspecified atom stereocenters. The van der Waals surface area contributed by atoms with Gasteiger partial charge in [0, 0.05) is 11.4 Å².